The maximum Gasteiger partial charge on any atom is 0.336 e. The van der Waals surface area contributed by atoms with E-state index in [1.807, 2.05) is 0 Å². The minimum Gasteiger partial charge on any atom is -0.371 e. The Morgan fingerprint density at radius 3 is 1.74 bits per heavy atom. The van der Waals surface area contributed by atoms with Crippen LogP contribution >= 0.6 is 0 Å². The van der Waals surface area contributed by atoms with Crippen LogP contribution in [0.25, 0.3) is 0 Å². The molecule has 0 bridgehead atoms. The lowest BCUT2D eigenvalue weighted by atomic mass is 10.2. The SMILES string of the molecule is CCCCCCn1c(=O)n(CC2CO2)c(=O)n(CC2CO2)c1=O. The molecule has 2 unspecified atom stereocenters. The Morgan fingerprint density at radius 2 is 1.30 bits per heavy atom. The fraction of sp³-hybridized carbons (Fsp3) is 0.800. The van der Waals surface area contributed by atoms with Gasteiger partial charge in [0.05, 0.1) is 38.5 Å². The highest BCUT2D eigenvalue weighted by molar-refractivity contribution is 4.84. The van der Waals surface area contributed by atoms with Gasteiger partial charge in [-0.05, 0) is 6.42 Å². The van der Waals surface area contributed by atoms with Crippen molar-refractivity contribution >= 4 is 0 Å². The Kier molecular flexibility index (Phi) is 4.82. The molecule has 0 amide bonds. The van der Waals surface area contributed by atoms with Gasteiger partial charge in [-0.3, -0.25) is 0 Å². The van der Waals surface area contributed by atoms with Gasteiger partial charge in [-0.1, -0.05) is 26.2 Å². The average molecular weight is 325 g/mol. The minimum atomic E-state index is -0.559. The van der Waals surface area contributed by atoms with Gasteiger partial charge in [0, 0.05) is 6.54 Å². The molecule has 0 N–H and O–H groups in total. The highest BCUT2D eigenvalue weighted by Gasteiger charge is 2.29. The second kappa shape index (κ2) is 6.84. The first kappa shape index (κ1) is 16.2. The van der Waals surface area contributed by atoms with Crippen molar-refractivity contribution in [3.63, 3.8) is 0 Å². The summed E-state index contributed by atoms with van der Waals surface area (Å²) in [6, 6.07) is 0. The summed E-state index contributed by atoms with van der Waals surface area (Å²) >= 11 is 0. The summed E-state index contributed by atoms with van der Waals surface area (Å²) < 4.78 is 13.7. The lowest BCUT2D eigenvalue weighted by Crippen LogP contribution is -2.55. The van der Waals surface area contributed by atoms with Gasteiger partial charge in [-0.15, -0.1) is 0 Å². The predicted octanol–water partition coefficient (Wildman–Crippen LogP) is -0.450. The second-order valence-electron chi connectivity index (χ2n) is 6.19. The molecule has 1 aromatic rings. The second-order valence-corrected chi connectivity index (χ2v) is 6.19. The summed E-state index contributed by atoms with van der Waals surface area (Å²) in [6.45, 7) is 3.96. The molecule has 1 aromatic heterocycles. The number of ether oxygens (including phenoxy) is 2. The van der Waals surface area contributed by atoms with Crippen LogP contribution in [-0.2, 0) is 29.1 Å². The third-order valence-electron chi connectivity index (χ3n) is 4.20. The Balaban J connectivity index is 1.92. The molecule has 3 heterocycles. The van der Waals surface area contributed by atoms with Gasteiger partial charge in [0.15, 0.2) is 0 Å². The fourth-order valence-corrected chi connectivity index (χ4v) is 2.64. The molecule has 3 rings (SSSR count). The van der Waals surface area contributed by atoms with E-state index in [2.05, 4.69) is 6.92 Å². The number of rotatable bonds is 9. The number of epoxide rings is 2. The number of hydrogen-bond donors (Lipinski definition) is 0. The Labute approximate surface area is 133 Å². The van der Waals surface area contributed by atoms with Crippen molar-refractivity contribution in [3.8, 4) is 0 Å². The quantitative estimate of drug-likeness (QED) is 0.453. The van der Waals surface area contributed by atoms with Crippen molar-refractivity contribution in [1.82, 2.24) is 13.7 Å². The molecule has 2 aliphatic rings. The smallest absolute Gasteiger partial charge is 0.336 e. The zero-order valence-electron chi connectivity index (χ0n) is 13.4. The molecule has 0 saturated carbocycles. The van der Waals surface area contributed by atoms with Gasteiger partial charge in [0.1, 0.15) is 0 Å². The number of nitrogens with zero attached hydrogens (tertiary/aromatic N) is 3. The maximum absolute atomic E-state index is 12.5. The molecule has 0 aromatic carbocycles. The van der Waals surface area contributed by atoms with E-state index >= 15 is 0 Å². The number of aromatic nitrogens is 3. The van der Waals surface area contributed by atoms with Crippen LogP contribution < -0.4 is 17.1 Å². The van der Waals surface area contributed by atoms with Gasteiger partial charge in [0.25, 0.3) is 0 Å². The molecule has 2 aliphatic heterocycles. The van der Waals surface area contributed by atoms with Crippen LogP contribution in [0.3, 0.4) is 0 Å². The van der Waals surface area contributed by atoms with Crippen LogP contribution in [0.15, 0.2) is 14.4 Å². The maximum atomic E-state index is 12.5. The molecule has 2 fully saturated rings. The van der Waals surface area contributed by atoms with Crippen molar-refractivity contribution in [2.75, 3.05) is 13.2 Å². The first-order chi connectivity index (χ1) is 11.1. The molecule has 23 heavy (non-hydrogen) atoms. The van der Waals surface area contributed by atoms with Gasteiger partial charge in [0.2, 0.25) is 0 Å². The van der Waals surface area contributed by atoms with Crippen LogP contribution in [0.4, 0.5) is 0 Å². The zero-order valence-corrected chi connectivity index (χ0v) is 13.4. The summed E-state index contributed by atoms with van der Waals surface area (Å²) in [5, 5.41) is 0. The molecule has 2 saturated heterocycles. The molecule has 2 atom stereocenters. The number of unbranched alkanes of at least 4 members (excludes halogenated alkanes) is 3. The molecular formula is C15H23N3O5. The van der Waals surface area contributed by atoms with Crippen molar-refractivity contribution in [2.24, 2.45) is 0 Å². The summed E-state index contributed by atoms with van der Waals surface area (Å²) in [6.07, 6.45) is 3.65. The van der Waals surface area contributed by atoms with E-state index in [4.69, 9.17) is 9.47 Å². The minimum absolute atomic E-state index is 0.0999. The molecular weight excluding hydrogens is 302 g/mol. The van der Waals surface area contributed by atoms with Gasteiger partial charge < -0.3 is 9.47 Å². The van der Waals surface area contributed by atoms with Crippen LogP contribution in [0.2, 0.25) is 0 Å². The highest BCUT2D eigenvalue weighted by atomic mass is 16.6. The van der Waals surface area contributed by atoms with Crippen molar-refractivity contribution in [2.45, 2.75) is 64.4 Å². The standard InChI is InChI=1S/C15H23N3O5/c1-2-3-4-5-6-16-13(19)17(7-11-9-22-11)15(21)18(14(16)20)8-12-10-23-12/h11-12H,2-10H2,1H3. The van der Waals surface area contributed by atoms with E-state index in [9.17, 15) is 14.4 Å². The van der Waals surface area contributed by atoms with Crippen molar-refractivity contribution in [3.05, 3.63) is 31.5 Å². The van der Waals surface area contributed by atoms with Crippen molar-refractivity contribution < 1.29 is 9.47 Å². The van der Waals surface area contributed by atoms with Crippen molar-refractivity contribution in [1.29, 1.82) is 0 Å². The Morgan fingerprint density at radius 1 is 0.826 bits per heavy atom. The third-order valence-corrected chi connectivity index (χ3v) is 4.20. The highest BCUT2D eigenvalue weighted by Crippen LogP contribution is 2.10. The van der Waals surface area contributed by atoms with Gasteiger partial charge in [-0.2, -0.15) is 0 Å². The molecule has 0 aliphatic carbocycles. The lowest BCUT2D eigenvalue weighted by molar-refractivity contribution is 0.338. The van der Waals surface area contributed by atoms with Crippen LogP contribution in [0.5, 0.6) is 0 Å². The third kappa shape index (κ3) is 3.81. The molecule has 0 radical (unpaired) electrons. The van der Waals surface area contributed by atoms with E-state index in [0.29, 0.717) is 19.8 Å². The Bertz CT molecular complexity index is 672. The average Bonchev–Trinajstić information content (AvgIpc) is 3.43. The van der Waals surface area contributed by atoms with Crippen LogP contribution in [0.1, 0.15) is 32.6 Å². The summed E-state index contributed by atoms with van der Waals surface area (Å²) in [7, 11) is 0. The lowest BCUT2D eigenvalue weighted by Gasteiger charge is -2.12. The topological polar surface area (TPSA) is 91.1 Å². The summed E-state index contributed by atoms with van der Waals surface area (Å²) in [4.78, 5) is 37.5. The molecule has 8 heteroatoms. The van der Waals surface area contributed by atoms with E-state index in [-0.39, 0.29) is 25.3 Å². The fourth-order valence-electron chi connectivity index (χ4n) is 2.64. The largest absolute Gasteiger partial charge is 0.371 e. The van der Waals surface area contributed by atoms with E-state index < -0.39 is 17.1 Å². The summed E-state index contributed by atoms with van der Waals surface area (Å²) in [5.41, 5.74) is -1.62. The molecule has 8 nitrogen and oxygen atoms in total. The van der Waals surface area contributed by atoms with E-state index in [1.165, 1.54) is 4.57 Å². The summed E-state index contributed by atoms with van der Waals surface area (Å²) in [5.74, 6) is 0. The van der Waals surface area contributed by atoms with Crippen LogP contribution in [0, 0.1) is 0 Å². The van der Waals surface area contributed by atoms with Gasteiger partial charge in [-0.25, -0.2) is 28.1 Å². The van der Waals surface area contributed by atoms with E-state index in [1.54, 1.807) is 0 Å². The monoisotopic (exact) mass is 325 g/mol. The van der Waals surface area contributed by atoms with E-state index in [0.717, 1.165) is 34.8 Å². The van der Waals surface area contributed by atoms with Gasteiger partial charge >= 0.3 is 17.1 Å². The normalized spacial score (nSPS) is 22.3. The first-order valence-electron chi connectivity index (χ1n) is 8.29. The molecule has 128 valence electrons. The zero-order chi connectivity index (χ0) is 16.4. The molecule has 0 spiro atoms. The van der Waals surface area contributed by atoms with Crippen LogP contribution in [-0.4, -0.2) is 39.1 Å². The Hall–Kier alpha value is -1.67. The predicted molar refractivity (Wildman–Crippen MR) is 82.8 cm³/mol. The number of hydrogen-bond acceptors (Lipinski definition) is 5. The first-order valence-corrected chi connectivity index (χ1v) is 8.29.